The molecule has 100 valence electrons. The molecule has 0 amide bonds. The predicted molar refractivity (Wildman–Crippen MR) is 73.0 cm³/mol. The fraction of sp³-hybridized carbons (Fsp3) is 0.250. The van der Waals surface area contributed by atoms with Crippen molar-refractivity contribution in [2.24, 2.45) is 0 Å². The summed E-state index contributed by atoms with van der Waals surface area (Å²) >= 11 is 0. The van der Waals surface area contributed by atoms with Crippen LogP contribution < -0.4 is 4.74 Å². The average molecular weight is 260 g/mol. The maximum atomic E-state index is 13.7. The molecule has 2 aromatic carbocycles. The molecule has 0 aliphatic heterocycles. The van der Waals surface area contributed by atoms with Gasteiger partial charge in [-0.3, -0.25) is 0 Å². The summed E-state index contributed by atoms with van der Waals surface area (Å²) < 4.78 is 19.5. The van der Waals surface area contributed by atoms with Crippen LogP contribution in [0.3, 0.4) is 0 Å². The van der Waals surface area contributed by atoms with Gasteiger partial charge in [0.1, 0.15) is 17.3 Å². The van der Waals surface area contributed by atoms with Crippen molar-refractivity contribution in [3.63, 3.8) is 0 Å². The number of halogens is 1. The van der Waals surface area contributed by atoms with Gasteiger partial charge < -0.3 is 9.84 Å². The van der Waals surface area contributed by atoms with E-state index < -0.39 is 11.9 Å². The molecule has 0 heterocycles. The van der Waals surface area contributed by atoms with Crippen LogP contribution in [0.15, 0.2) is 36.4 Å². The van der Waals surface area contributed by atoms with Crippen LogP contribution in [0, 0.1) is 19.7 Å². The van der Waals surface area contributed by atoms with E-state index in [1.54, 1.807) is 12.1 Å². The van der Waals surface area contributed by atoms with E-state index in [1.165, 1.54) is 13.0 Å². The zero-order valence-corrected chi connectivity index (χ0v) is 11.3. The van der Waals surface area contributed by atoms with Crippen molar-refractivity contribution in [1.82, 2.24) is 0 Å². The summed E-state index contributed by atoms with van der Waals surface area (Å²) in [6.07, 6.45) is -0.915. The highest BCUT2D eigenvalue weighted by molar-refractivity contribution is 5.43. The van der Waals surface area contributed by atoms with Gasteiger partial charge in [0.05, 0.1) is 11.7 Å². The summed E-state index contributed by atoms with van der Waals surface area (Å²) in [7, 11) is 0. The minimum Gasteiger partial charge on any atom is -0.457 e. The van der Waals surface area contributed by atoms with E-state index in [1.807, 2.05) is 32.0 Å². The van der Waals surface area contributed by atoms with Crippen LogP contribution in [0.2, 0.25) is 0 Å². The third-order valence-electron chi connectivity index (χ3n) is 2.99. The lowest BCUT2D eigenvalue weighted by Crippen LogP contribution is -2.00. The number of hydrogen-bond acceptors (Lipinski definition) is 2. The Labute approximate surface area is 112 Å². The Kier molecular flexibility index (Phi) is 3.86. The number of benzene rings is 2. The number of rotatable bonds is 3. The van der Waals surface area contributed by atoms with E-state index in [0.29, 0.717) is 11.5 Å². The molecule has 0 aromatic heterocycles. The molecule has 0 unspecified atom stereocenters. The zero-order valence-electron chi connectivity index (χ0n) is 11.3. The van der Waals surface area contributed by atoms with Crippen LogP contribution in [0.25, 0.3) is 0 Å². The molecule has 0 fully saturated rings. The normalized spacial score (nSPS) is 12.3. The fourth-order valence-corrected chi connectivity index (χ4v) is 1.95. The van der Waals surface area contributed by atoms with Crippen molar-refractivity contribution in [2.45, 2.75) is 26.9 Å². The Hall–Kier alpha value is -1.87. The van der Waals surface area contributed by atoms with E-state index in [9.17, 15) is 9.50 Å². The molecule has 0 saturated carbocycles. The second kappa shape index (κ2) is 5.41. The summed E-state index contributed by atoms with van der Waals surface area (Å²) in [4.78, 5) is 0. The Morgan fingerprint density at radius 2 is 1.84 bits per heavy atom. The first-order valence-electron chi connectivity index (χ1n) is 6.20. The molecule has 1 N–H and O–H groups in total. The molecule has 0 aliphatic rings. The van der Waals surface area contributed by atoms with Crippen molar-refractivity contribution >= 4 is 0 Å². The topological polar surface area (TPSA) is 29.5 Å². The Balaban J connectivity index is 2.44. The van der Waals surface area contributed by atoms with Crippen LogP contribution >= 0.6 is 0 Å². The molecule has 0 radical (unpaired) electrons. The third kappa shape index (κ3) is 2.93. The smallest absolute Gasteiger partial charge is 0.136 e. The van der Waals surface area contributed by atoms with Gasteiger partial charge in [-0.25, -0.2) is 4.39 Å². The molecule has 0 spiro atoms. The SMILES string of the molecule is Cc1ccc(C)c(Oc2cccc(F)c2[C@H](C)O)c1. The van der Waals surface area contributed by atoms with Crippen LogP contribution in [0.5, 0.6) is 11.5 Å². The van der Waals surface area contributed by atoms with Crippen molar-refractivity contribution in [1.29, 1.82) is 0 Å². The summed E-state index contributed by atoms with van der Waals surface area (Å²) in [6.45, 7) is 5.41. The van der Waals surface area contributed by atoms with Crippen LogP contribution in [0.1, 0.15) is 29.7 Å². The molecular formula is C16H17FO2. The fourth-order valence-electron chi connectivity index (χ4n) is 1.95. The van der Waals surface area contributed by atoms with E-state index in [2.05, 4.69) is 0 Å². The van der Waals surface area contributed by atoms with Gasteiger partial charge in [-0.05, 0) is 50.1 Å². The van der Waals surface area contributed by atoms with Gasteiger partial charge >= 0.3 is 0 Å². The number of hydrogen-bond donors (Lipinski definition) is 1. The first kappa shape index (κ1) is 13.6. The summed E-state index contributed by atoms with van der Waals surface area (Å²) in [5, 5.41) is 9.67. The van der Waals surface area contributed by atoms with Gasteiger partial charge in [0.2, 0.25) is 0 Å². The van der Waals surface area contributed by atoms with Gasteiger partial charge in [-0.1, -0.05) is 18.2 Å². The first-order chi connectivity index (χ1) is 8.99. The van der Waals surface area contributed by atoms with Gasteiger partial charge in [-0.2, -0.15) is 0 Å². The van der Waals surface area contributed by atoms with Crippen molar-refractivity contribution in [3.8, 4) is 11.5 Å². The molecule has 2 rings (SSSR count). The van der Waals surface area contributed by atoms with Gasteiger partial charge in [0.15, 0.2) is 0 Å². The molecule has 0 bridgehead atoms. The molecule has 1 atom stereocenters. The Morgan fingerprint density at radius 3 is 2.53 bits per heavy atom. The second-order valence-corrected chi connectivity index (χ2v) is 4.70. The number of aliphatic hydroxyl groups is 1. The number of aliphatic hydroxyl groups excluding tert-OH is 1. The van der Waals surface area contributed by atoms with Crippen LogP contribution in [-0.4, -0.2) is 5.11 Å². The highest BCUT2D eigenvalue weighted by atomic mass is 19.1. The number of aryl methyl sites for hydroxylation is 2. The second-order valence-electron chi connectivity index (χ2n) is 4.70. The van der Waals surface area contributed by atoms with E-state index >= 15 is 0 Å². The highest BCUT2D eigenvalue weighted by Crippen LogP contribution is 2.33. The molecule has 2 nitrogen and oxygen atoms in total. The first-order valence-corrected chi connectivity index (χ1v) is 6.20. The summed E-state index contributed by atoms with van der Waals surface area (Å²) in [5.41, 5.74) is 2.21. The highest BCUT2D eigenvalue weighted by Gasteiger charge is 2.15. The maximum Gasteiger partial charge on any atom is 0.136 e. The zero-order chi connectivity index (χ0) is 14.0. The Morgan fingerprint density at radius 1 is 1.11 bits per heavy atom. The monoisotopic (exact) mass is 260 g/mol. The lowest BCUT2D eigenvalue weighted by atomic mass is 10.1. The predicted octanol–water partition coefficient (Wildman–Crippen LogP) is 4.29. The van der Waals surface area contributed by atoms with Crippen molar-refractivity contribution in [3.05, 3.63) is 58.9 Å². The third-order valence-corrected chi connectivity index (χ3v) is 2.99. The molecule has 3 heteroatoms. The van der Waals surface area contributed by atoms with Crippen LogP contribution in [0.4, 0.5) is 4.39 Å². The van der Waals surface area contributed by atoms with Crippen molar-refractivity contribution < 1.29 is 14.2 Å². The number of ether oxygens (including phenoxy) is 1. The largest absolute Gasteiger partial charge is 0.457 e. The van der Waals surface area contributed by atoms with E-state index in [4.69, 9.17) is 4.74 Å². The van der Waals surface area contributed by atoms with Gasteiger partial charge in [0, 0.05) is 0 Å². The van der Waals surface area contributed by atoms with E-state index in [0.717, 1.165) is 11.1 Å². The minimum atomic E-state index is -0.915. The molecule has 2 aromatic rings. The lowest BCUT2D eigenvalue weighted by molar-refractivity contribution is 0.190. The minimum absolute atomic E-state index is 0.184. The molecular weight excluding hydrogens is 243 g/mol. The summed E-state index contributed by atoms with van der Waals surface area (Å²) in [6, 6.07) is 10.4. The summed E-state index contributed by atoms with van der Waals surface area (Å²) in [5.74, 6) is 0.564. The van der Waals surface area contributed by atoms with Gasteiger partial charge in [-0.15, -0.1) is 0 Å². The quantitative estimate of drug-likeness (QED) is 0.892. The van der Waals surface area contributed by atoms with Crippen molar-refractivity contribution in [2.75, 3.05) is 0 Å². The Bertz CT molecular complexity index is 591. The maximum absolute atomic E-state index is 13.7. The average Bonchev–Trinajstić information content (AvgIpc) is 2.33. The molecule has 19 heavy (non-hydrogen) atoms. The van der Waals surface area contributed by atoms with Crippen LogP contribution in [-0.2, 0) is 0 Å². The molecule has 0 saturated heterocycles. The molecule has 0 aliphatic carbocycles. The van der Waals surface area contributed by atoms with Gasteiger partial charge in [0.25, 0.3) is 0 Å². The lowest BCUT2D eigenvalue weighted by Gasteiger charge is -2.15. The standard InChI is InChI=1S/C16H17FO2/c1-10-7-8-11(2)15(9-10)19-14-6-4-5-13(17)16(14)12(3)18/h4-9,12,18H,1-3H3/t12-/m0/s1. The van der Waals surface area contributed by atoms with E-state index in [-0.39, 0.29) is 5.56 Å².